The molecule has 9 nitrogen and oxygen atoms in total. The number of carbonyl (C=O) groups is 3. The molecule has 2 N–H and O–H groups in total. The van der Waals surface area contributed by atoms with Gasteiger partial charge in [0.05, 0.1) is 11.4 Å². The second kappa shape index (κ2) is 9.78. The van der Waals surface area contributed by atoms with Crippen molar-refractivity contribution in [1.29, 1.82) is 0 Å². The van der Waals surface area contributed by atoms with E-state index in [1.807, 2.05) is 37.3 Å². The predicted molar refractivity (Wildman–Crippen MR) is 126 cm³/mol. The van der Waals surface area contributed by atoms with E-state index >= 15 is 0 Å². The molecular formula is C23H22N4O5S. The molecule has 2 heterocycles. The van der Waals surface area contributed by atoms with Crippen molar-refractivity contribution in [1.82, 2.24) is 10.6 Å². The van der Waals surface area contributed by atoms with E-state index in [9.17, 15) is 14.4 Å². The van der Waals surface area contributed by atoms with Crippen LogP contribution in [-0.4, -0.2) is 42.1 Å². The van der Waals surface area contributed by atoms with Gasteiger partial charge in [-0.3, -0.25) is 19.8 Å². The molecule has 2 aromatic carbocycles. The minimum Gasteiger partial charge on any atom is -0.454 e. The lowest BCUT2D eigenvalue weighted by molar-refractivity contribution is -0.117. The van der Waals surface area contributed by atoms with E-state index in [2.05, 4.69) is 15.6 Å². The smallest absolute Gasteiger partial charge is 0.321 e. The van der Waals surface area contributed by atoms with Gasteiger partial charge in [0.15, 0.2) is 16.7 Å². The number of aliphatic imine (C=N–C) groups is 1. The number of nitrogens with one attached hydrogen (secondary N) is 2. The first-order chi connectivity index (χ1) is 15.9. The van der Waals surface area contributed by atoms with E-state index in [4.69, 9.17) is 9.47 Å². The van der Waals surface area contributed by atoms with Gasteiger partial charge in [-0.05, 0) is 49.8 Å². The summed E-state index contributed by atoms with van der Waals surface area (Å²) in [7, 11) is 0. The molecule has 0 saturated carbocycles. The van der Waals surface area contributed by atoms with Crippen LogP contribution >= 0.6 is 11.8 Å². The van der Waals surface area contributed by atoms with E-state index in [0.29, 0.717) is 28.9 Å². The Morgan fingerprint density at radius 3 is 2.67 bits per heavy atom. The number of aryl methyl sites for hydroxylation is 1. The van der Waals surface area contributed by atoms with Gasteiger partial charge in [0.2, 0.25) is 12.7 Å². The van der Waals surface area contributed by atoms with Crippen LogP contribution in [0, 0.1) is 6.92 Å². The molecule has 33 heavy (non-hydrogen) atoms. The van der Waals surface area contributed by atoms with Crippen LogP contribution in [0.15, 0.2) is 53.2 Å². The van der Waals surface area contributed by atoms with Crippen LogP contribution in [-0.2, 0) is 9.59 Å². The highest BCUT2D eigenvalue weighted by Gasteiger charge is 2.32. The van der Waals surface area contributed by atoms with Gasteiger partial charge in [0, 0.05) is 6.54 Å². The molecule has 0 saturated heterocycles. The first-order valence-corrected chi connectivity index (χ1v) is 11.2. The lowest BCUT2D eigenvalue weighted by Gasteiger charge is -2.17. The molecule has 2 aliphatic rings. The molecule has 0 radical (unpaired) electrons. The molecule has 170 valence electrons. The number of nitrogens with zero attached hydrogens (tertiary/aromatic N) is 2. The number of fused-ring (bicyclic) bond motifs is 1. The number of amides is 4. The van der Waals surface area contributed by atoms with Crippen molar-refractivity contribution in [2.24, 2.45) is 4.99 Å². The SMILES string of the molecule is CCNC(=O)NC(=O)CSC1=NC(=Cc2ccc3c(c2)OCO3)C(=O)N1c1ccc(C)cc1. The molecule has 10 heteroatoms. The van der Waals surface area contributed by atoms with Gasteiger partial charge in [0.1, 0.15) is 5.70 Å². The van der Waals surface area contributed by atoms with E-state index in [1.54, 1.807) is 25.1 Å². The van der Waals surface area contributed by atoms with E-state index in [1.165, 1.54) is 4.90 Å². The Labute approximate surface area is 194 Å². The van der Waals surface area contributed by atoms with Crippen LogP contribution in [0.5, 0.6) is 11.5 Å². The highest BCUT2D eigenvalue weighted by molar-refractivity contribution is 8.14. The molecule has 0 fully saturated rings. The number of rotatable bonds is 5. The fourth-order valence-corrected chi connectivity index (χ4v) is 3.99. The molecule has 0 spiro atoms. The van der Waals surface area contributed by atoms with Gasteiger partial charge in [0.25, 0.3) is 5.91 Å². The minimum atomic E-state index is -0.564. The summed E-state index contributed by atoms with van der Waals surface area (Å²) >= 11 is 1.08. The summed E-state index contributed by atoms with van der Waals surface area (Å²) in [5, 5.41) is 5.09. The molecule has 0 aromatic heterocycles. The van der Waals surface area contributed by atoms with Gasteiger partial charge in [-0.1, -0.05) is 35.5 Å². The molecule has 0 aliphatic carbocycles. The Hall–Kier alpha value is -3.79. The lowest BCUT2D eigenvalue weighted by atomic mass is 10.1. The van der Waals surface area contributed by atoms with E-state index in [-0.39, 0.29) is 24.2 Å². The predicted octanol–water partition coefficient (Wildman–Crippen LogP) is 3.05. The quantitative estimate of drug-likeness (QED) is 0.656. The van der Waals surface area contributed by atoms with Crippen molar-refractivity contribution >= 4 is 46.5 Å². The summed E-state index contributed by atoms with van der Waals surface area (Å²) in [6.07, 6.45) is 1.66. The summed E-state index contributed by atoms with van der Waals surface area (Å²) in [6, 6.07) is 12.2. The molecule has 4 amide bonds. The minimum absolute atomic E-state index is 0.0804. The molecule has 0 atom stereocenters. The van der Waals surface area contributed by atoms with E-state index < -0.39 is 11.9 Å². The Morgan fingerprint density at radius 1 is 1.15 bits per heavy atom. The maximum absolute atomic E-state index is 13.3. The number of benzene rings is 2. The summed E-state index contributed by atoms with van der Waals surface area (Å²) < 4.78 is 10.7. The number of anilines is 1. The number of carbonyl (C=O) groups excluding carboxylic acids is 3. The standard InChI is InChI=1S/C23H22N4O5S/c1-3-24-22(30)26-20(28)12-33-23-25-17(10-15-6-9-18-19(11-15)32-13-31-18)21(29)27(23)16-7-4-14(2)5-8-16/h4-11H,3,12-13H2,1-2H3,(H2,24,26,28,30). The number of urea groups is 1. The third-order valence-corrected chi connectivity index (χ3v) is 5.68. The van der Waals surface area contributed by atoms with Crippen molar-refractivity contribution in [3.05, 3.63) is 59.3 Å². The van der Waals surface area contributed by atoms with Crippen molar-refractivity contribution in [3.8, 4) is 11.5 Å². The summed E-state index contributed by atoms with van der Waals surface area (Å²) in [5.74, 6) is 0.365. The summed E-state index contributed by atoms with van der Waals surface area (Å²) in [6.45, 7) is 4.27. The van der Waals surface area contributed by atoms with Crippen LogP contribution in [0.4, 0.5) is 10.5 Å². The number of imide groups is 1. The molecular weight excluding hydrogens is 444 g/mol. The van der Waals surface area contributed by atoms with Gasteiger partial charge in [-0.15, -0.1) is 0 Å². The number of amidine groups is 1. The van der Waals surface area contributed by atoms with Crippen LogP contribution in [0.1, 0.15) is 18.1 Å². The zero-order chi connectivity index (χ0) is 23.4. The molecule has 0 unspecified atom stereocenters. The maximum Gasteiger partial charge on any atom is 0.321 e. The zero-order valence-electron chi connectivity index (χ0n) is 18.1. The van der Waals surface area contributed by atoms with Crippen LogP contribution in [0.3, 0.4) is 0 Å². The molecule has 4 rings (SSSR count). The molecule has 0 bridgehead atoms. The largest absolute Gasteiger partial charge is 0.454 e. The monoisotopic (exact) mass is 466 g/mol. The van der Waals surface area contributed by atoms with Crippen molar-refractivity contribution in [3.63, 3.8) is 0 Å². The second-order valence-electron chi connectivity index (χ2n) is 7.21. The van der Waals surface area contributed by atoms with Crippen LogP contribution < -0.4 is 25.0 Å². The first kappa shape index (κ1) is 22.4. The zero-order valence-corrected chi connectivity index (χ0v) is 18.9. The fraction of sp³-hybridized carbons (Fsp3) is 0.217. The van der Waals surface area contributed by atoms with Crippen LogP contribution in [0.2, 0.25) is 0 Å². The van der Waals surface area contributed by atoms with E-state index in [0.717, 1.165) is 22.9 Å². The summed E-state index contributed by atoms with van der Waals surface area (Å²) in [4.78, 5) is 42.9. The number of thioether (sulfide) groups is 1. The Bertz CT molecular complexity index is 1160. The average molecular weight is 467 g/mol. The van der Waals surface area contributed by atoms with Gasteiger partial charge in [-0.2, -0.15) is 0 Å². The van der Waals surface area contributed by atoms with Gasteiger partial charge in [-0.25, -0.2) is 9.79 Å². The normalized spacial score (nSPS) is 15.6. The third kappa shape index (κ3) is 5.17. The Kier molecular flexibility index (Phi) is 6.64. The first-order valence-electron chi connectivity index (χ1n) is 10.3. The highest BCUT2D eigenvalue weighted by Crippen LogP contribution is 2.34. The summed E-state index contributed by atoms with van der Waals surface area (Å²) in [5.41, 5.74) is 2.64. The third-order valence-electron chi connectivity index (χ3n) is 4.74. The second-order valence-corrected chi connectivity index (χ2v) is 8.15. The Balaban J connectivity index is 1.58. The van der Waals surface area contributed by atoms with Crippen molar-refractivity contribution < 1.29 is 23.9 Å². The van der Waals surface area contributed by atoms with Crippen molar-refractivity contribution in [2.45, 2.75) is 13.8 Å². The maximum atomic E-state index is 13.3. The number of ether oxygens (including phenoxy) is 2. The lowest BCUT2D eigenvalue weighted by Crippen LogP contribution is -2.40. The molecule has 2 aromatic rings. The highest BCUT2D eigenvalue weighted by atomic mass is 32.2. The van der Waals surface area contributed by atoms with Crippen LogP contribution in [0.25, 0.3) is 6.08 Å². The topological polar surface area (TPSA) is 109 Å². The Morgan fingerprint density at radius 2 is 1.91 bits per heavy atom. The fourth-order valence-electron chi connectivity index (χ4n) is 3.17. The average Bonchev–Trinajstić information content (AvgIpc) is 3.37. The number of hydrogen-bond acceptors (Lipinski definition) is 7. The van der Waals surface area contributed by atoms with Gasteiger partial charge < -0.3 is 14.8 Å². The van der Waals surface area contributed by atoms with Gasteiger partial charge >= 0.3 is 6.03 Å². The van der Waals surface area contributed by atoms with Crippen molar-refractivity contribution in [2.75, 3.05) is 24.0 Å². The molecule has 2 aliphatic heterocycles. The number of hydrogen-bond donors (Lipinski definition) is 2.